The van der Waals surface area contributed by atoms with Gasteiger partial charge >= 0.3 is 0 Å². The summed E-state index contributed by atoms with van der Waals surface area (Å²) in [5.41, 5.74) is 2.33. The number of rotatable bonds is 7. The van der Waals surface area contributed by atoms with Gasteiger partial charge in [0.15, 0.2) is 0 Å². The molecule has 33 heavy (non-hydrogen) atoms. The van der Waals surface area contributed by atoms with Crippen LogP contribution in [0.4, 0.5) is 0 Å². The van der Waals surface area contributed by atoms with E-state index in [1.54, 1.807) is 28.6 Å². The minimum atomic E-state index is -3.54. The van der Waals surface area contributed by atoms with Crippen LogP contribution in [0.2, 0.25) is 0 Å². The van der Waals surface area contributed by atoms with Crippen molar-refractivity contribution in [2.45, 2.75) is 63.3 Å². The van der Waals surface area contributed by atoms with Gasteiger partial charge in [-0.3, -0.25) is 4.68 Å². The van der Waals surface area contributed by atoms with Gasteiger partial charge in [-0.25, -0.2) is 8.42 Å². The molecule has 1 aromatic heterocycles. The fourth-order valence-corrected chi connectivity index (χ4v) is 5.68. The van der Waals surface area contributed by atoms with Gasteiger partial charge in [0.05, 0.1) is 16.6 Å². The quantitative estimate of drug-likeness (QED) is 0.431. The molecule has 2 heterocycles. The van der Waals surface area contributed by atoms with Crippen molar-refractivity contribution in [2.75, 3.05) is 13.1 Å². The summed E-state index contributed by atoms with van der Waals surface area (Å²) in [6.07, 6.45) is 1.51. The zero-order valence-corrected chi connectivity index (χ0v) is 20.6. The second kappa shape index (κ2) is 9.69. The van der Waals surface area contributed by atoms with E-state index in [4.69, 9.17) is 9.84 Å². The number of hydrogen-bond acceptors (Lipinski definition) is 4. The highest BCUT2D eigenvalue weighted by Gasteiger charge is 2.31. The number of piperidine rings is 1. The third-order valence-corrected chi connectivity index (χ3v) is 8.09. The first-order chi connectivity index (χ1) is 15.8. The second-order valence-corrected chi connectivity index (χ2v) is 11.2. The third-order valence-electron chi connectivity index (χ3n) is 6.18. The molecule has 0 radical (unpaired) electrons. The monoisotopic (exact) mass is 467 g/mol. The van der Waals surface area contributed by atoms with Crippen molar-refractivity contribution in [3.8, 4) is 11.5 Å². The third kappa shape index (κ3) is 5.14. The van der Waals surface area contributed by atoms with Gasteiger partial charge in [0.25, 0.3) is 0 Å². The van der Waals surface area contributed by atoms with E-state index in [1.165, 1.54) is 5.69 Å². The van der Waals surface area contributed by atoms with E-state index in [2.05, 4.69) is 38.4 Å². The van der Waals surface area contributed by atoms with Crippen LogP contribution in [0, 0.1) is 0 Å². The number of benzene rings is 2. The summed E-state index contributed by atoms with van der Waals surface area (Å²) in [6, 6.07) is 18.5. The van der Waals surface area contributed by atoms with E-state index < -0.39 is 10.0 Å². The molecule has 0 atom stereocenters. The average molecular weight is 468 g/mol. The molecule has 2 aromatic carbocycles. The van der Waals surface area contributed by atoms with Crippen LogP contribution < -0.4 is 4.74 Å². The Morgan fingerprint density at radius 3 is 2.06 bits per heavy atom. The molecule has 0 amide bonds. The SMILES string of the molecule is CC(C)c1cc(C(C)C)n(C2CCN(S(=O)(=O)c3ccc(Oc4ccccc4)cc3)CC2)n1. The maximum absolute atomic E-state index is 13.2. The highest BCUT2D eigenvalue weighted by atomic mass is 32.2. The molecule has 1 saturated heterocycles. The van der Waals surface area contributed by atoms with Gasteiger partial charge in [-0.1, -0.05) is 45.9 Å². The zero-order valence-electron chi connectivity index (χ0n) is 19.8. The van der Waals surface area contributed by atoms with Crippen LogP contribution in [-0.2, 0) is 10.0 Å². The lowest BCUT2D eigenvalue weighted by Crippen LogP contribution is -2.39. The molecule has 7 heteroatoms. The van der Waals surface area contributed by atoms with Crippen molar-refractivity contribution < 1.29 is 13.2 Å². The van der Waals surface area contributed by atoms with E-state index in [9.17, 15) is 8.42 Å². The van der Waals surface area contributed by atoms with Crippen molar-refractivity contribution in [2.24, 2.45) is 0 Å². The number of para-hydroxylation sites is 1. The van der Waals surface area contributed by atoms with E-state index in [0.717, 1.165) is 24.3 Å². The fraction of sp³-hybridized carbons (Fsp3) is 0.423. The van der Waals surface area contributed by atoms with Crippen molar-refractivity contribution in [3.63, 3.8) is 0 Å². The van der Waals surface area contributed by atoms with Crippen molar-refractivity contribution in [1.82, 2.24) is 14.1 Å². The Kier molecular flexibility index (Phi) is 6.91. The van der Waals surface area contributed by atoms with Gasteiger partial charge in [-0.2, -0.15) is 9.40 Å². The van der Waals surface area contributed by atoms with Gasteiger partial charge < -0.3 is 4.74 Å². The van der Waals surface area contributed by atoms with Crippen molar-refractivity contribution >= 4 is 10.0 Å². The van der Waals surface area contributed by atoms with Gasteiger partial charge in [0.2, 0.25) is 10.0 Å². The van der Waals surface area contributed by atoms with Crippen LogP contribution in [0.5, 0.6) is 11.5 Å². The Balaban J connectivity index is 1.44. The average Bonchev–Trinajstić information content (AvgIpc) is 3.27. The van der Waals surface area contributed by atoms with Crippen molar-refractivity contribution in [3.05, 3.63) is 72.1 Å². The van der Waals surface area contributed by atoms with E-state index >= 15 is 0 Å². The molecule has 0 saturated carbocycles. The Morgan fingerprint density at radius 2 is 1.48 bits per heavy atom. The molecule has 3 aromatic rings. The summed E-state index contributed by atoms with van der Waals surface area (Å²) in [5, 5.41) is 4.88. The minimum Gasteiger partial charge on any atom is -0.457 e. The van der Waals surface area contributed by atoms with E-state index in [-0.39, 0.29) is 6.04 Å². The molecule has 0 bridgehead atoms. The van der Waals surface area contributed by atoms with Gasteiger partial charge in [-0.05, 0) is 67.1 Å². The lowest BCUT2D eigenvalue weighted by Gasteiger charge is -2.32. The number of hydrogen-bond donors (Lipinski definition) is 0. The topological polar surface area (TPSA) is 64.4 Å². The highest BCUT2D eigenvalue weighted by molar-refractivity contribution is 7.89. The van der Waals surface area contributed by atoms with Crippen LogP contribution in [-0.4, -0.2) is 35.6 Å². The molecule has 0 unspecified atom stereocenters. The lowest BCUT2D eigenvalue weighted by atomic mass is 10.0. The molecule has 0 spiro atoms. The first-order valence-corrected chi connectivity index (χ1v) is 13.1. The summed E-state index contributed by atoms with van der Waals surface area (Å²) >= 11 is 0. The molecule has 6 nitrogen and oxygen atoms in total. The number of nitrogens with zero attached hydrogens (tertiary/aromatic N) is 3. The Morgan fingerprint density at radius 1 is 0.879 bits per heavy atom. The molecular formula is C26H33N3O3S. The normalized spacial score (nSPS) is 15.9. The number of ether oxygens (including phenoxy) is 1. The molecule has 4 rings (SSSR count). The summed E-state index contributed by atoms with van der Waals surface area (Å²) in [6.45, 7) is 9.66. The predicted molar refractivity (Wildman–Crippen MR) is 130 cm³/mol. The maximum Gasteiger partial charge on any atom is 0.243 e. The summed E-state index contributed by atoms with van der Waals surface area (Å²) in [4.78, 5) is 0.297. The van der Waals surface area contributed by atoms with E-state index in [1.807, 2.05) is 30.3 Å². The molecule has 0 N–H and O–H groups in total. The number of sulfonamides is 1. The van der Waals surface area contributed by atoms with Gasteiger partial charge in [0.1, 0.15) is 11.5 Å². The first kappa shape index (κ1) is 23.5. The zero-order chi connectivity index (χ0) is 23.6. The Labute approximate surface area is 197 Å². The molecule has 1 aliphatic heterocycles. The fourth-order valence-electron chi connectivity index (χ4n) is 4.21. The first-order valence-electron chi connectivity index (χ1n) is 11.7. The van der Waals surface area contributed by atoms with Gasteiger partial charge in [-0.15, -0.1) is 0 Å². The lowest BCUT2D eigenvalue weighted by molar-refractivity contribution is 0.255. The number of aromatic nitrogens is 2. The Hall–Kier alpha value is -2.64. The molecular weight excluding hydrogens is 434 g/mol. The largest absolute Gasteiger partial charge is 0.457 e. The van der Waals surface area contributed by atoms with Crippen LogP contribution in [0.15, 0.2) is 65.6 Å². The predicted octanol–water partition coefficient (Wildman–Crippen LogP) is 5.95. The van der Waals surface area contributed by atoms with E-state index in [0.29, 0.717) is 35.6 Å². The van der Waals surface area contributed by atoms with Crippen molar-refractivity contribution in [1.29, 1.82) is 0 Å². The minimum absolute atomic E-state index is 0.225. The van der Waals surface area contributed by atoms with Crippen LogP contribution in [0.3, 0.4) is 0 Å². The van der Waals surface area contributed by atoms with Gasteiger partial charge in [0, 0.05) is 18.8 Å². The summed E-state index contributed by atoms with van der Waals surface area (Å²) in [7, 11) is -3.54. The Bertz CT molecular complexity index is 1160. The molecule has 176 valence electrons. The summed E-state index contributed by atoms with van der Waals surface area (Å²) < 4.78 is 36.0. The maximum atomic E-state index is 13.2. The smallest absolute Gasteiger partial charge is 0.243 e. The molecule has 1 fully saturated rings. The summed E-state index contributed by atoms with van der Waals surface area (Å²) in [5.74, 6) is 2.08. The van der Waals surface area contributed by atoms with Crippen LogP contribution in [0.1, 0.15) is 69.8 Å². The second-order valence-electron chi connectivity index (χ2n) is 9.27. The van der Waals surface area contributed by atoms with Crippen LogP contribution in [0.25, 0.3) is 0 Å². The van der Waals surface area contributed by atoms with Crippen LogP contribution >= 0.6 is 0 Å². The standard InChI is InChI=1S/C26H33N3O3S/c1-19(2)25-18-26(20(3)4)29(27-25)21-14-16-28(17-15-21)33(30,31)24-12-10-23(11-13-24)32-22-8-6-5-7-9-22/h5-13,18-21H,14-17H2,1-4H3. The molecule has 0 aliphatic carbocycles. The molecule has 1 aliphatic rings. The highest BCUT2D eigenvalue weighted by Crippen LogP contribution is 2.32.